The summed E-state index contributed by atoms with van der Waals surface area (Å²) in [6.45, 7) is 6.59. The molecule has 6 nitrogen and oxygen atoms in total. The molecular formula is C42H83INO5+. The van der Waals surface area contributed by atoms with E-state index in [9.17, 15) is 5.11 Å². The molecule has 0 aromatic carbocycles. The molecule has 1 saturated heterocycles. The molecule has 2 rings (SSSR count). The van der Waals surface area contributed by atoms with Gasteiger partial charge in [0, 0.05) is 20.3 Å². The Bertz CT molecular complexity index is 765. The SMILES string of the molecule is CCCCCCCCCCCCCCO[C@H]1[C@H](O)[C@@H](C[N+](C)(C)C2CCCC2)O[C@](I)(OC)[C@@H]1OCCCCCCCCCCCCCC. The molecular weight excluding hydrogens is 725 g/mol. The van der Waals surface area contributed by atoms with E-state index < -0.39 is 22.1 Å². The molecule has 1 saturated carbocycles. The van der Waals surface area contributed by atoms with Gasteiger partial charge in [-0.05, 0) is 61.1 Å². The van der Waals surface area contributed by atoms with E-state index in [1.807, 2.05) is 0 Å². The van der Waals surface area contributed by atoms with Gasteiger partial charge < -0.3 is 28.5 Å². The molecule has 2 fully saturated rings. The number of methoxy groups -OCH3 is 1. The van der Waals surface area contributed by atoms with Crippen molar-refractivity contribution in [3.05, 3.63) is 0 Å². The molecule has 0 bridgehead atoms. The fraction of sp³-hybridized carbons (Fsp3) is 1.00. The number of alkyl halides is 1. The van der Waals surface area contributed by atoms with Crippen LogP contribution >= 0.6 is 22.6 Å². The minimum absolute atomic E-state index is 0.370. The van der Waals surface area contributed by atoms with Crippen LogP contribution in [-0.2, 0) is 18.9 Å². The Morgan fingerprint density at radius 1 is 0.633 bits per heavy atom. The van der Waals surface area contributed by atoms with Crippen LogP contribution in [0.2, 0.25) is 0 Å². The molecule has 0 amide bonds. The van der Waals surface area contributed by atoms with E-state index in [1.165, 1.54) is 167 Å². The van der Waals surface area contributed by atoms with Crippen LogP contribution in [0.5, 0.6) is 0 Å². The largest absolute Gasteiger partial charge is 0.387 e. The molecule has 49 heavy (non-hydrogen) atoms. The summed E-state index contributed by atoms with van der Waals surface area (Å²) in [6.07, 6.45) is 34.7. The molecule has 5 atom stereocenters. The van der Waals surface area contributed by atoms with Crippen molar-refractivity contribution in [3.8, 4) is 0 Å². The fourth-order valence-corrected chi connectivity index (χ4v) is 9.01. The second-order valence-corrected chi connectivity index (χ2v) is 17.7. The summed E-state index contributed by atoms with van der Waals surface area (Å²) in [5, 5.41) is 11.8. The maximum absolute atomic E-state index is 11.8. The van der Waals surface area contributed by atoms with Crippen molar-refractivity contribution in [2.45, 2.75) is 228 Å². The van der Waals surface area contributed by atoms with Crippen LogP contribution in [0.4, 0.5) is 0 Å². The van der Waals surface area contributed by atoms with E-state index in [0.29, 0.717) is 19.3 Å². The summed E-state index contributed by atoms with van der Waals surface area (Å²) in [5.74, 6) is 0. The van der Waals surface area contributed by atoms with Gasteiger partial charge in [-0.3, -0.25) is 0 Å². The summed E-state index contributed by atoms with van der Waals surface area (Å²) < 4.78 is 25.7. The van der Waals surface area contributed by atoms with Crippen LogP contribution in [0.1, 0.15) is 194 Å². The van der Waals surface area contributed by atoms with Crippen LogP contribution in [0, 0.1) is 0 Å². The maximum Gasteiger partial charge on any atom is 0.251 e. The monoisotopic (exact) mass is 809 g/mol. The first kappa shape index (κ1) is 45.6. The van der Waals surface area contributed by atoms with E-state index in [0.717, 1.165) is 23.9 Å². The molecule has 0 aromatic rings. The number of aliphatic hydroxyl groups excluding tert-OH is 1. The molecule has 0 aromatic heterocycles. The van der Waals surface area contributed by atoms with Gasteiger partial charge in [-0.1, -0.05) is 155 Å². The first-order chi connectivity index (χ1) is 23.8. The van der Waals surface area contributed by atoms with Crippen LogP contribution in [0.15, 0.2) is 0 Å². The first-order valence-corrected chi connectivity index (χ1v) is 22.5. The summed E-state index contributed by atoms with van der Waals surface area (Å²) in [7, 11) is 6.30. The molecule has 1 aliphatic carbocycles. The predicted octanol–water partition coefficient (Wildman–Crippen LogP) is 11.7. The van der Waals surface area contributed by atoms with Gasteiger partial charge in [0.15, 0.2) is 0 Å². The molecule has 0 spiro atoms. The predicted molar refractivity (Wildman–Crippen MR) is 216 cm³/mol. The number of aliphatic hydroxyl groups is 1. The van der Waals surface area contributed by atoms with Crippen molar-refractivity contribution in [1.82, 2.24) is 0 Å². The van der Waals surface area contributed by atoms with Crippen molar-refractivity contribution in [2.75, 3.05) is 41.0 Å². The molecule has 1 heterocycles. The Morgan fingerprint density at radius 2 is 1.02 bits per heavy atom. The highest BCUT2D eigenvalue weighted by Crippen LogP contribution is 2.41. The van der Waals surface area contributed by atoms with E-state index in [1.54, 1.807) is 7.11 Å². The van der Waals surface area contributed by atoms with Crippen molar-refractivity contribution in [2.24, 2.45) is 0 Å². The van der Waals surface area contributed by atoms with Crippen molar-refractivity contribution in [1.29, 1.82) is 0 Å². The Hall–Kier alpha value is 0.490. The fourth-order valence-electron chi connectivity index (χ4n) is 8.15. The Kier molecular flexibility index (Phi) is 26.1. The number of hydrogen-bond acceptors (Lipinski definition) is 5. The Labute approximate surface area is 318 Å². The highest BCUT2D eigenvalue weighted by atomic mass is 127. The van der Waals surface area contributed by atoms with Crippen LogP contribution < -0.4 is 0 Å². The minimum atomic E-state index is -0.990. The van der Waals surface area contributed by atoms with Crippen molar-refractivity contribution >= 4 is 22.6 Å². The summed E-state index contributed by atoms with van der Waals surface area (Å²) in [4.78, 5) is 0. The van der Waals surface area contributed by atoms with Crippen LogP contribution in [-0.4, -0.2) is 84.8 Å². The molecule has 0 unspecified atom stereocenters. The number of rotatable bonds is 32. The minimum Gasteiger partial charge on any atom is -0.387 e. The lowest BCUT2D eigenvalue weighted by Gasteiger charge is -2.50. The van der Waals surface area contributed by atoms with E-state index >= 15 is 0 Å². The highest BCUT2D eigenvalue weighted by Gasteiger charge is 2.57. The third-order valence-electron chi connectivity index (χ3n) is 11.5. The summed E-state index contributed by atoms with van der Waals surface area (Å²) in [6, 6.07) is 0.613. The molecule has 292 valence electrons. The van der Waals surface area contributed by atoms with Crippen molar-refractivity contribution in [3.63, 3.8) is 0 Å². The number of hydrogen-bond donors (Lipinski definition) is 1. The Balaban J connectivity index is 1.82. The lowest BCUT2D eigenvalue weighted by molar-refractivity contribution is -0.918. The number of ether oxygens (including phenoxy) is 4. The third-order valence-corrected chi connectivity index (χ3v) is 12.8. The lowest BCUT2D eigenvalue weighted by atomic mass is 9.96. The number of halogens is 1. The van der Waals surface area contributed by atoms with Gasteiger partial charge in [0.2, 0.25) is 0 Å². The van der Waals surface area contributed by atoms with Gasteiger partial charge in [-0.2, -0.15) is 0 Å². The van der Waals surface area contributed by atoms with Gasteiger partial charge in [0.1, 0.15) is 31.0 Å². The maximum atomic E-state index is 11.8. The molecule has 0 radical (unpaired) electrons. The molecule has 7 heteroatoms. The average molecular weight is 809 g/mol. The number of nitrogens with zero attached hydrogens (tertiary/aromatic N) is 1. The molecule has 1 aliphatic heterocycles. The number of likely N-dealkylation sites (N-methyl/N-ethyl adjacent to an activating group) is 1. The van der Waals surface area contributed by atoms with Crippen LogP contribution in [0.3, 0.4) is 0 Å². The number of unbranched alkanes of at least 4 members (excludes halogenated alkanes) is 22. The highest BCUT2D eigenvalue weighted by molar-refractivity contribution is 14.1. The van der Waals surface area contributed by atoms with Gasteiger partial charge in [0.25, 0.3) is 3.79 Å². The van der Waals surface area contributed by atoms with Crippen LogP contribution in [0.25, 0.3) is 0 Å². The third kappa shape index (κ3) is 18.9. The smallest absolute Gasteiger partial charge is 0.251 e. The zero-order valence-corrected chi connectivity index (χ0v) is 35.4. The summed E-state index contributed by atoms with van der Waals surface area (Å²) in [5.41, 5.74) is 0. The summed E-state index contributed by atoms with van der Waals surface area (Å²) >= 11 is 2.29. The van der Waals surface area contributed by atoms with Crippen molar-refractivity contribution < 1.29 is 28.5 Å². The standard InChI is InChI=1S/C42H83INO5/c1-6-8-10-12-14-16-18-20-22-24-26-30-34-47-40-39(45)38(36-44(3,4)37-32-28-29-33-37)49-42(43,46-5)41(40)48-35-31-27-25-23-21-19-17-15-13-11-9-7-2/h37-41,45H,6-36H2,1-5H3/q+1/t38-,39-,40+,41-,42-/m1/s1. The number of quaternary nitrogens is 1. The molecule has 1 N–H and O–H groups in total. The van der Waals surface area contributed by atoms with E-state index in [2.05, 4.69) is 50.5 Å². The average Bonchev–Trinajstić information content (AvgIpc) is 3.65. The zero-order valence-electron chi connectivity index (χ0n) is 33.2. The van der Waals surface area contributed by atoms with Gasteiger partial charge in [-0.15, -0.1) is 0 Å². The second kappa shape index (κ2) is 28.0. The van der Waals surface area contributed by atoms with Gasteiger partial charge in [-0.25, -0.2) is 0 Å². The normalized spacial score (nSPS) is 25.0. The van der Waals surface area contributed by atoms with Gasteiger partial charge >= 0.3 is 0 Å². The zero-order chi connectivity index (χ0) is 35.6. The first-order valence-electron chi connectivity index (χ1n) is 21.4. The Morgan fingerprint density at radius 3 is 1.43 bits per heavy atom. The lowest BCUT2D eigenvalue weighted by Crippen LogP contribution is -2.67. The van der Waals surface area contributed by atoms with Gasteiger partial charge in [0.05, 0.1) is 20.1 Å². The quantitative estimate of drug-likeness (QED) is 0.0317. The topological polar surface area (TPSA) is 57.2 Å². The molecule has 2 aliphatic rings. The van der Waals surface area contributed by atoms with E-state index in [4.69, 9.17) is 18.9 Å². The van der Waals surface area contributed by atoms with E-state index in [-0.39, 0.29) is 6.10 Å². The second-order valence-electron chi connectivity index (χ2n) is 16.2.